The molecule has 0 bridgehead atoms. The summed E-state index contributed by atoms with van der Waals surface area (Å²) in [5.41, 5.74) is 0.596. The molecule has 6 nitrogen and oxygen atoms in total. The third-order valence-electron chi connectivity index (χ3n) is 2.47. The number of hydrogen-bond donors (Lipinski definition) is 1. The van der Waals surface area contributed by atoms with E-state index in [0.29, 0.717) is 18.0 Å². The highest BCUT2D eigenvalue weighted by atomic mass is 16.5. The molecule has 0 radical (unpaired) electrons. The Morgan fingerprint density at radius 1 is 1.19 bits per heavy atom. The van der Waals surface area contributed by atoms with Crippen LogP contribution >= 0.6 is 0 Å². The van der Waals surface area contributed by atoms with Gasteiger partial charge in [-0.3, -0.25) is 14.4 Å². The zero-order valence-corrected chi connectivity index (χ0v) is 12.2. The fourth-order valence-electron chi connectivity index (χ4n) is 1.58. The standard InChI is InChI=1S/C15H19NO5/c1-3-20-15(19)8-7-13(18)10-21-14-6-4-5-12(9-14)16-11(2)17/h4-6,9H,3,7-8,10H2,1-2H3,(H,16,17). The number of rotatable bonds is 8. The number of esters is 1. The van der Waals surface area contributed by atoms with Gasteiger partial charge in [-0.25, -0.2) is 0 Å². The zero-order valence-electron chi connectivity index (χ0n) is 12.2. The summed E-state index contributed by atoms with van der Waals surface area (Å²) in [7, 11) is 0. The van der Waals surface area contributed by atoms with Crippen LogP contribution in [0.5, 0.6) is 5.75 Å². The molecule has 1 aromatic rings. The quantitative estimate of drug-likeness (QED) is 0.741. The highest BCUT2D eigenvalue weighted by molar-refractivity contribution is 5.88. The van der Waals surface area contributed by atoms with Crippen molar-refractivity contribution in [3.63, 3.8) is 0 Å². The molecule has 0 atom stereocenters. The maximum atomic E-state index is 11.6. The minimum atomic E-state index is -0.390. The summed E-state index contributed by atoms with van der Waals surface area (Å²) in [6.45, 7) is 3.31. The van der Waals surface area contributed by atoms with Gasteiger partial charge in [-0.2, -0.15) is 0 Å². The van der Waals surface area contributed by atoms with Gasteiger partial charge in [0.1, 0.15) is 12.4 Å². The van der Waals surface area contributed by atoms with Gasteiger partial charge in [0, 0.05) is 25.1 Å². The van der Waals surface area contributed by atoms with Crippen LogP contribution in [-0.4, -0.2) is 30.9 Å². The fourth-order valence-corrected chi connectivity index (χ4v) is 1.58. The Bertz CT molecular complexity index is 513. The van der Waals surface area contributed by atoms with E-state index in [1.165, 1.54) is 6.92 Å². The van der Waals surface area contributed by atoms with Gasteiger partial charge in [-0.1, -0.05) is 6.07 Å². The largest absolute Gasteiger partial charge is 0.486 e. The Balaban J connectivity index is 2.39. The molecule has 0 aliphatic carbocycles. The summed E-state index contributed by atoms with van der Waals surface area (Å²) < 4.78 is 10.1. The van der Waals surface area contributed by atoms with Crippen LogP contribution in [0.1, 0.15) is 26.7 Å². The summed E-state index contributed by atoms with van der Waals surface area (Å²) in [5.74, 6) is -0.283. The van der Waals surface area contributed by atoms with Crippen molar-refractivity contribution in [3.05, 3.63) is 24.3 Å². The Morgan fingerprint density at radius 3 is 2.62 bits per heavy atom. The topological polar surface area (TPSA) is 81.7 Å². The van der Waals surface area contributed by atoms with E-state index in [4.69, 9.17) is 9.47 Å². The van der Waals surface area contributed by atoms with Crippen molar-refractivity contribution in [2.75, 3.05) is 18.5 Å². The van der Waals surface area contributed by atoms with Crippen LogP contribution < -0.4 is 10.1 Å². The molecule has 1 amide bonds. The third kappa shape index (κ3) is 7.10. The first-order valence-corrected chi connectivity index (χ1v) is 6.69. The number of ketones is 1. The number of amides is 1. The average molecular weight is 293 g/mol. The number of anilines is 1. The van der Waals surface area contributed by atoms with Crippen molar-refractivity contribution in [2.45, 2.75) is 26.7 Å². The van der Waals surface area contributed by atoms with Crippen molar-refractivity contribution < 1.29 is 23.9 Å². The van der Waals surface area contributed by atoms with E-state index < -0.39 is 5.97 Å². The average Bonchev–Trinajstić information content (AvgIpc) is 2.43. The number of ether oxygens (including phenoxy) is 2. The van der Waals surface area contributed by atoms with Crippen LogP contribution in [0.25, 0.3) is 0 Å². The molecule has 0 heterocycles. The van der Waals surface area contributed by atoms with Gasteiger partial charge in [0.05, 0.1) is 13.0 Å². The van der Waals surface area contributed by atoms with Gasteiger partial charge in [-0.05, 0) is 19.1 Å². The van der Waals surface area contributed by atoms with Crippen molar-refractivity contribution >= 4 is 23.3 Å². The Morgan fingerprint density at radius 2 is 1.95 bits per heavy atom. The van der Waals surface area contributed by atoms with E-state index in [1.807, 2.05) is 0 Å². The van der Waals surface area contributed by atoms with Crippen molar-refractivity contribution in [1.82, 2.24) is 0 Å². The Labute approximate surface area is 123 Å². The van der Waals surface area contributed by atoms with E-state index in [-0.39, 0.29) is 31.1 Å². The predicted molar refractivity (Wildman–Crippen MR) is 77.1 cm³/mol. The second-order valence-corrected chi connectivity index (χ2v) is 4.34. The van der Waals surface area contributed by atoms with Gasteiger partial charge >= 0.3 is 5.97 Å². The van der Waals surface area contributed by atoms with Crippen LogP contribution in [0.2, 0.25) is 0 Å². The first-order valence-electron chi connectivity index (χ1n) is 6.69. The Kier molecular flexibility index (Phi) is 6.94. The number of carbonyl (C=O) groups is 3. The summed E-state index contributed by atoms with van der Waals surface area (Å²) >= 11 is 0. The van der Waals surface area contributed by atoms with Crippen LogP contribution in [-0.2, 0) is 19.1 Å². The number of hydrogen-bond acceptors (Lipinski definition) is 5. The van der Waals surface area contributed by atoms with E-state index in [0.717, 1.165) is 0 Å². The maximum absolute atomic E-state index is 11.6. The second-order valence-electron chi connectivity index (χ2n) is 4.34. The van der Waals surface area contributed by atoms with Crippen LogP contribution in [0.4, 0.5) is 5.69 Å². The summed E-state index contributed by atoms with van der Waals surface area (Å²) in [6, 6.07) is 6.74. The first-order chi connectivity index (χ1) is 10.0. The normalized spacial score (nSPS) is 9.81. The van der Waals surface area contributed by atoms with Crippen molar-refractivity contribution in [1.29, 1.82) is 0 Å². The van der Waals surface area contributed by atoms with Gasteiger partial charge in [0.15, 0.2) is 5.78 Å². The molecule has 0 fully saturated rings. The lowest BCUT2D eigenvalue weighted by Gasteiger charge is -2.08. The lowest BCUT2D eigenvalue weighted by Crippen LogP contribution is -2.14. The van der Waals surface area contributed by atoms with Gasteiger partial charge < -0.3 is 14.8 Å². The number of Topliss-reactive ketones (excluding diaryl/α,β-unsaturated/α-hetero) is 1. The van der Waals surface area contributed by atoms with E-state index >= 15 is 0 Å². The molecule has 0 saturated heterocycles. The van der Waals surface area contributed by atoms with Crippen LogP contribution in [0.3, 0.4) is 0 Å². The minimum absolute atomic E-state index is 0.0575. The van der Waals surface area contributed by atoms with Crippen molar-refractivity contribution in [3.8, 4) is 5.75 Å². The zero-order chi connectivity index (χ0) is 15.7. The SMILES string of the molecule is CCOC(=O)CCC(=O)COc1cccc(NC(C)=O)c1. The third-order valence-corrected chi connectivity index (χ3v) is 2.47. The minimum Gasteiger partial charge on any atom is -0.486 e. The molecule has 21 heavy (non-hydrogen) atoms. The molecular formula is C15H19NO5. The lowest BCUT2D eigenvalue weighted by atomic mass is 10.2. The van der Waals surface area contributed by atoms with E-state index in [2.05, 4.69) is 5.32 Å². The maximum Gasteiger partial charge on any atom is 0.306 e. The van der Waals surface area contributed by atoms with Crippen LogP contribution in [0.15, 0.2) is 24.3 Å². The number of nitrogens with one attached hydrogen (secondary N) is 1. The molecular weight excluding hydrogens is 274 g/mol. The van der Waals surface area contributed by atoms with Crippen LogP contribution in [0, 0.1) is 0 Å². The fraction of sp³-hybridized carbons (Fsp3) is 0.400. The Hall–Kier alpha value is -2.37. The summed E-state index contributed by atoms with van der Waals surface area (Å²) in [6.07, 6.45) is 0.145. The first kappa shape index (κ1) is 16.7. The molecule has 0 aliphatic rings. The molecule has 1 aromatic carbocycles. The molecule has 0 saturated carbocycles. The molecule has 0 unspecified atom stereocenters. The summed E-state index contributed by atoms with van der Waals surface area (Å²) in [4.78, 5) is 33.6. The van der Waals surface area contributed by atoms with Gasteiger partial charge in [-0.15, -0.1) is 0 Å². The highest BCUT2D eigenvalue weighted by Crippen LogP contribution is 2.17. The predicted octanol–water partition coefficient (Wildman–Crippen LogP) is 1.94. The molecule has 6 heteroatoms. The molecule has 114 valence electrons. The molecule has 1 rings (SSSR count). The van der Waals surface area contributed by atoms with Crippen molar-refractivity contribution in [2.24, 2.45) is 0 Å². The molecule has 0 aromatic heterocycles. The van der Waals surface area contributed by atoms with E-state index in [9.17, 15) is 14.4 Å². The second kappa shape index (κ2) is 8.73. The lowest BCUT2D eigenvalue weighted by molar-refractivity contribution is -0.144. The number of carbonyl (C=O) groups excluding carboxylic acids is 3. The monoisotopic (exact) mass is 293 g/mol. The summed E-state index contributed by atoms with van der Waals surface area (Å²) in [5, 5.41) is 2.62. The van der Waals surface area contributed by atoms with Gasteiger partial charge in [0.25, 0.3) is 0 Å². The van der Waals surface area contributed by atoms with E-state index in [1.54, 1.807) is 31.2 Å². The molecule has 0 aliphatic heterocycles. The number of benzene rings is 1. The highest BCUT2D eigenvalue weighted by Gasteiger charge is 2.08. The molecule has 1 N–H and O–H groups in total. The molecule has 0 spiro atoms. The smallest absolute Gasteiger partial charge is 0.306 e. The van der Waals surface area contributed by atoms with Gasteiger partial charge in [0.2, 0.25) is 5.91 Å².